The molecule has 8 rings (SSSR count). The number of nitrogen functional groups attached to an aromatic ring is 1. The van der Waals surface area contributed by atoms with Gasteiger partial charge in [0, 0.05) is 115 Å². The number of halogens is 1. The molecule has 16 atom stereocenters. The van der Waals surface area contributed by atoms with Crippen LogP contribution in [0.2, 0.25) is 0 Å². The number of nitrogens with two attached hydrogens (primary N) is 1. The first-order valence-electron chi connectivity index (χ1n) is 46.0. The molecule has 33 nitrogen and oxygen atoms in total. The Hall–Kier alpha value is -8.08. The average molecular weight is 1860 g/mol. The summed E-state index contributed by atoms with van der Waals surface area (Å²) in [6.45, 7) is 19.9. The number of aliphatic hydroxyl groups is 2. The zero-order valence-electron chi connectivity index (χ0n) is 78.5. The molecule has 4 aliphatic heterocycles. The minimum Gasteiger partial charge on any atom is -0.491 e. The van der Waals surface area contributed by atoms with Crippen LogP contribution in [-0.4, -0.2) is 308 Å². The van der Waals surface area contributed by atoms with Gasteiger partial charge >= 0.3 is 12.1 Å². The number of carbonyl (C=O) groups excluding carboxylic acids is 7. The number of aromatic nitrogens is 1. The van der Waals surface area contributed by atoms with Gasteiger partial charge in [-0.1, -0.05) is 77.1 Å². The van der Waals surface area contributed by atoms with E-state index in [1.54, 1.807) is 47.4 Å². The van der Waals surface area contributed by atoms with E-state index in [1.807, 2.05) is 95.3 Å². The second kappa shape index (κ2) is 56.3. The number of ketones is 2. The number of aliphatic hydroxyl groups excluding tert-OH is 1. The fourth-order valence-electron chi connectivity index (χ4n) is 17.0. The molecule has 5 heterocycles. The standard InChI is InChI=1S/C96H143FN6O27S/c1-63-18-14-13-15-19-64(2)80(115-9)59-75-25-21-69(7)96(112,130-75)91(107)93(109)103-34-17-16-20-77(103)94(110)128-82(60-81(116-10)65(3)55-68(6)89(106)90(118-12)88(105)67(5)54-63)66(4)56-71-22-27-79(83(57-71)117-11)129-95(111)100-32-37-120-40-42-122-44-46-124-48-50-126-52-51-125-49-47-123-45-43-121-41-39-119-36-31-86(104)99-33-53-131(113,114)84-29-26-76(70(8)87(84)97)92(108)102-35-38-127-78-28-23-72(58-74(78)62-102)73-24-30-85(98)101-61-73/h13-15,18-19,23-24,26,28-30,55,58,61,63,65-67,69,71,75,77,79-83,89-90,106,112H,16-17,20-22,25,27,31-54,56-57,59-60,62H2,1-12H3,(H2,98,101)(H,99,104)(H,100,111)/b15-13+,18-14+,64-19+,68-55+/t63-,65-,66-,67-,69-,71+,75+,77+,79-,80+,81-,82+,83-,89-,90+,96-/m1/s1. The van der Waals surface area contributed by atoms with E-state index < -0.39 is 140 Å². The molecule has 3 aromatic rings. The van der Waals surface area contributed by atoms with Gasteiger partial charge in [0.05, 0.1) is 142 Å². The molecular weight excluding hydrogens is 1720 g/mol. The van der Waals surface area contributed by atoms with Gasteiger partial charge in [0.25, 0.3) is 17.6 Å². The predicted octanol–water partition coefficient (Wildman–Crippen LogP) is 9.60. The molecule has 0 spiro atoms. The molecule has 4 amide bonds. The van der Waals surface area contributed by atoms with Gasteiger partial charge in [-0.2, -0.15) is 0 Å². The third-order valence-corrected chi connectivity index (χ3v) is 26.5. The summed E-state index contributed by atoms with van der Waals surface area (Å²) in [5.41, 5.74) is 9.44. The third-order valence-electron chi connectivity index (χ3n) is 24.8. The number of Topliss-reactive ketones (excluding diaryl/α,β-unsaturated/α-hetero) is 2. The Morgan fingerprint density at radius 3 is 1.95 bits per heavy atom. The number of hydrogen-bond donors (Lipinski definition) is 5. The van der Waals surface area contributed by atoms with Crippen molar-refractivity contribution in [1.29, 1.82) is 0 Å². The maximum Gasteiger partial charge on any atom is 0.407 e. The van der Waals surface area contributed by atoms with Crippen molar-refractivity contribution in [2.45, 2.75) is 211 Å². The van der Waals surface area contributed by atoms with Crippen LogP contribution in [0.15, 0.2) is 101 Å². The Morgan fingerprint density at radius 2 is 1.32 bits per heavy atom. The smallest absolute Gasteiger partial charge is 0.407 e. The van der Waals surface area contributed by atoms with Crippen LogP contribution in [0.3, 0.4) is 0 Å². The number of amides is 4. The average Bonchev–Trinajstić information content (AvgIpc) is 1.13. The molecule has 1 aromatic heterocycles. The van der Waals surface area contributed by atoms with E-state index in [4.69, 9.17) is 81.5 Å². The highest BCUT2D eigenvalue weighted by Gasteiger charge is 2.53. The Balaban J connectivity index is 0.651. The molecule has 6 N–H and O–H groups in total. The molecule has 2 saturated heterocycles. The van der Waals surface area contributed by atoms with Crippen LogP contribution in [0.1, 0.15) is 153 Å². The van der Waals surface area contributed by atoms with E-state index in [9.17, 15) is 52.2 Å². The topological polar surface area (TPSA) is 411 Å². The molecule has 1 saturated carbocycles. The predicted molar refractivity (Wildman–Crippen MR) is 485 cm³/mol. The number of cyclic esters (lactones) is 1. The van der Waals surface area contributed by atoms with Gasteiger partial charge in [0.2, 0.25) is 11.7 Å². The summed E-state index contributed by atoms with van der Waals surface area (Å²) in [6.07, 6.45) is 12.0. The molecule has 2 bridgehead atoms. The van der Waals surface area contributed by atoms with Crippen LogP contribution in [0.5, 0.6) is 5.75 Å². The van der Waals surface area contributed by atoms with Gasteiger partial charge in [0.15, 0.2) is 15.6 Å². The molecule has 2 aromatic carbocycles. The number of carbonyl (C=O) groups is 7. The summed E-state index contributed by atoms with van der Waals surface area (Å²) in [5, 5.41) is 29.3. The summed E-state index contributed by atoms with van der Waals surface area (Å²) in [5.74, 6) is -8.95. The SMILES string of the molecule is CO[C@H]1C[C@@H]2CC[C@@H](C)[C@@](O)(O2)C(=O)C(=O)N2CCCC[C@H]2C(=O)O[C@H]([C@H](C)C[C@@H]2CC[C@@H](OC(=O)NCCOCCOCCOCCOCCOCCOCCOCCOCCC(=O)NCCS(=O)(=O)c3ccc(C(=O)N4CCOc5ccc(-c6ccc(N)nc6)cc5C4)c(C)c3F)[C@H](OC)C2)C[C@@H](OC)[C@H](C)/C=C(\C)[C@@H](O)[C@@H](OC)C(=O)[C@H](C)C[C@H](C)/C=C/C=C/C=C/1C. The lowest BCUT2D eigenvalue weighted by Crippen LogP contribution is -2.61. The van der Waals surface area contributed by atoms with Gasteiger partial charge in [-0.3, -0.25) is 24.0 Å². The zero-order valence-corrected chi connectivity index (χ0v) is 79.3. The van der Waals surface area contributed by atoms with Gasteiger partial charge in [-0.15, -0.1) is 0 Å². The molecule has 0 radical (unpaired) electrons. The number of nitrogens with zero attached hydrogens (tertiary/aromatic N) is 3. The number of fused-ring (bicyclic) bond motifs is 4. The van der Waals surface area contributed by atoms with Crippen molar-refractivity contribution >= 4 is 57.0 Å². The Labute approximate surface area is 771 Å². The lowest BCUT2D eigenvalue weighted by Gasteiger charge is -2.43. The number of hydrogen-bond acceptors (Lipinski definition) is 29. The number of ether oxygens (including phenoxy) is 16. The summed E-state index contributed by atoms with van der Waals surface area (Å²) in [4.78, 5) is 104. The number of piperidine rings is 1. The van der Waals surface area contributed by atoms with Crippen LogP contribution in [0.4, 0.5) is 15.0 Å². The molecule has 35 heteroatoms. The largest absolute Gasteiger partial charge is 0.491 e. The van der Waals surface area contributed by atoms with Crippen LogP contribution in [-0.2, 0) is 111 Å². The summed E-state index contributed by atoms with van der Waals surface area (Å²) < 4.78 is 135. The highest BCUT2D eigenvalue weighted by Crippen LogP contribution is 2.40. The van der Waals surface area contributed by atoms with Crippen molar-refractivity contribution < 1.29 is 132 Å². The van der Waals surface area contributed by atoms with Gasteiger partial charge < -0.3 is 112 Å². The Bertz CT molecular complexity index is 4330. The van der Waals surface area contributed by atoms with Crippen molar-refractivity contribution in [3.05, 3.63) is 119 Å². The third kappa shape index (κ3) is 34.0. The lowest BCUT2D eigenvalue weighted by atomic mass is 9.78. The van der Waals surface area contributed by atoms with Crippen LogP contribution in [0, 0.1) is 48.2 Å². The number of rotatable bonds is 41. The molecule has 131 heavy (non-hydrogen) atoms. The normalized spacial score (nSPS) is 27.1. The summed E-state index contributed by atoms with van der Waals surface area (Å²) in [7, 11) is 1.93. The number of benzene rings is 2. The van der Waals surface area contributed by atoms with Crippen molar-refractivity contribution in [1.82, 2.24) is 25.4 Å². The van der Waals surface area contributed by atoms with Crippen LogP contribution in [0.25, 0.3) is 11.1 Å². The van der Waals surface area contributed by atoms with E-state index in [2.05, 4.69) is 15.6 Å². The maximum absolute atomic E-state index is 15.8. The minimum atomic E-state index is -4.19. The number of pyridine rings is 1. The van der Waals surface area contributed by atoms with Crippen LogP contribution >= 0.6 is 0 Å². The van der Waals surface area contributed by atoms with Crippen LogP contribution < -0.4 is 21.1 Å². The molecule has 0 unspecified atom stereocenters. The Kier molecular flexibility index (Phi) is 46.5. The molecule has 732 valence electrons. The molecule has 1 aliphatic carbocycles. The van der Waals surface area contributed by atoms with E-state index in [1.165, 1.54) is 29.9 Å². The number of sulfone groups is 1. The highest BCUT2D eigenvalue weighted by atomic mass is 32.2. The second-order valence-electron chi connectivity index (χ2n) is 34.5. The molecule has 3 fully saturated rings. The number of methoxy groups -OCH3 is 4. The second-order valence-corrected chi connectivity index (χ2v) is 36.6. The van der Waals surface area contributed by atoms with E-state index in [-0.39, 0.29) is 126 Å². The van der Waals surface area contributed by atoms with Gasteiger partial charge in [-0.25, -0.2) is 27.4 Å². The minimum absolute atomic E-state index is 0.00259. The summed E-state index contributed by atoms with van der Waals surface area (Å²) >= 11 is 0. The van der Waals surface area contributed by atoms with E-state index in [0.717, 1.165) is 28.3 Å². The lowest BCUT2D eigenvalue weighted by molar-refractivity contribution is -0.265. The van der Waals surface area contributed by atoms with Gasteiger partial charge in [-0.05, 0) is 161 Å². The van der Waals surface area contributed by atoms with Gasteiger partial charge in [0.1, 0.15) is 59.3 Å². The van der Waals surface area contributed by atoms with Crippen molar-refractivity contribution in [3.8, 4) is 16.9 Å². The highest BCUT2D eigenvalue weighted by molar-refractivity contribution is 7.91. The van der Waals surface area contributed by atoms with Crippen molar-refractivity contribution in [2.24, 2.45) is 35.5 Å². The number of nitrogens with one attached hydrogen (secondary N) is 2. The maximum atomic E-state index is 15.8. The Morgan fingerprint density at radius 1 is 0.679 bits per heavy atom. The number of anilines is 1. The number of esters is 1. The summed E-state index contributed by atoms with van der Waals surface area (Å²) in [6, 6.07) is 10.4. The first kappa shape index (κ1) is 108. The fourth-order valence-corrected chi connectivity index (χ4v) is 18.3. The van der Waals surface area contributed by atoms with Crippen molar-refractivity contribution in [2.75, 3.05) is 178 Å². The zero-order chi connectivity index (χ0) is 95.0. The fraction of sp³-hybridized carbons (Fsp3) is 0.667. The molecular formula is C96H143FN6O27S. The quantitative estimate of drug-likeness (QED) is 0.0153. The number of alkyl carbamates (subject to hydrolysis) is 1. The molecule has 5 aliphatic rings. The van der Waals surface area contributed by atoms with E-state index >= 15 is 4.39 Å². The monoisotopic (exact) mass is 1860 g/mol. The first-order valence-corrected chi connectivity index (χ1v) is 47.7. The number of allylic oxidation sites excluding steroid dienone is 5. The van der Waals surface area contributed by atoms with E-state index in [0.29, 0.717) is 154 Å². The van der Waals surface area contributed by atoms with Crippen molar-refractivity contribution in [3.63, 3.8) is 0 Å². The first-order chi connectivity index (χ1) is 62.9.